The Hall–Kier alpha value is -2.12. The van der Waals surface area contributed by atoms with Gasteiger partial charge in [0.2, 0.25) is 0 Å². The van der Waals surface area contributed by atoms with E-state index in [1.807, 2.05) is 0 Å². The van der Waals surface area contributed by atoms with E-state index < -0.39 is 5.97 Å². The summed E-state index contributed by atoms with van der Waals surface area (Å²) in [7, 11) is 0. The third-order valence-electron chi connectivity index (χ3n) is 2.55. The van der Waals surface area contributed by atoms with E-state index in [1.54, 1.807) is 24.3 Å². The van der Waals surface area contributed by atoms with E-state index in [2.05, 4.69) is 10.3 Å². The van der Waals surface area contributed by atoms with Gasteiger partial charge in [0.25, 0.3) is 0 Å². The zero-order valence-electron chi connectivity index (χ0n) is 10.4. The molecule has 1 aromatic carbocycles. The van der Waals surface area contributed by atoms with Gasteiger partial charge in [0.1, 0.15) is 18.1 Å². The molecule has 0 amide bonds. The second kappa shape index (κ2) is 6.36. The maximum atomic E-state index is 11.1. The number of carboxylic acid groups (broad SMARTS) is 1. The third kappa shape index (κ3) is 3.06. The van der Waals surface area contributed by atoms with Crippen LogP contribution in [-0.2, 0) is 13.2 Å². The van der Waals surface area contributed by atoms with Gasteiger partial charge < -0.3 is 14.9 Å². The lowest BCUT2D eigenvalue weighted by Crippen LogP contribution is -2.13. The molecule has 0 saturated carbocycles. The van der Waals surface area contributed by atoms with Crippen molar-refractivity contribution in [2.24, 2.45) is 0 Å². The first-order chi connectivity index (χ1) is 9.63. The van der Waals surface area contributed by atoms with E-state index in [0.717, 1.165) is 0 Å². The first-order valence-corrected chi connectivity index (χ1v) is 6.15. The van der Waals surface area contributed by atoms with Crippen molar-refractivity contribution < 1.29 is 19.7 Å². The van der Waals surface area contributed by atoms with Crippen LogP contribution in [0.1, 0.15) is 16.2 Å². The van der Waals surface area contributed by atoms with E-state index in [0.29, 0.717) is 10.8 Å². The zero-order valence-corrected chi connectivity index (χ0v) is 11.1. The number of halogens is 1. The third-order valence-corrected chi connectivity index (χ3v) is 2.87. The number of aliphatic hydroxyl groups excluding tert-OH is 1. The number of benzene rings is 1. The number of nitrogens with zero attached hydrogens (tertiary/aromatic N) is 3. The van der Waals surface area contributed by atoms with Crippen molar-refractivity contribution in [3.8, 4) is 5.75 Å². The Morgan fingerprint density at radius 2 is 2.15 bits per heavy atom. The second-order valence-electron chi connectivity index (χ2n) is 3.86. The lowest BCUT2D eigenvalue weighted by Gasteiger charge is -2.09. The summed E-state index contributed by atoms with van der Waals surface area (Å²) in [5.74, 6) is -0.769. The molecule has 0 aliphatic rings. The highest BCUT2D eigenvalue weighted by molar-refractivity contribution is 6.32. The van der Waals surface area contributed by atoms with E-state index in [-0.39, 0.29) is 31.1 Å². The largest absolute Gasteiger partial charge is 0.486 e. The number of hydrogen-bond acceptors (Lipinski definition) is 5. The molecular formula is C12H12ClN3O4. The van der Waals surface area contributed by atoms with Crippen molar-refractivity contribution in [3.63, 3.8) is 0 Å². The van der Waals surface area contributed by atoms with Crippen molar-refractivity contribution in [2.45, 2.75) is 13.2 Å². The van der Waals surface area contributed by atoms with Crippen LogP contribution in [0.5, 0.6) is 5.75 Å². The van der Waals surface area contributed by atoms with Gasteiger partial charge in [-0.15, -0.1) is 5.10 Å². The fourth-order valence-electron chi connectivity index (χ4n) is 1.62. The lowest BCUT2D eigenvalue weighted by molar-refractivity contribution is 0.0687. The first-order valence-electron chi connectivity index (χ1n) is 5.77. The van der Waals surface area contributed by atoms with Gasteiger partial charge in [-0.25, -0.2) is 9.48 Å². The Morgan fingerprint density at radius 3 is 2.80 bits per heavy atom. The number of carbonyl (C=O) groups is 1. The Balaban J connectivity index is 2.21. The summed E-state index contributed by atoms with van der Waals surface area (Å²) >= 11 is 5.95. The normalized spacial score (nSPS) is 10.5. The van der Waals surface area contributed by atoms with Gasteiger partial charge in [0, 0.05) is 0 Å². The first kappa shape index (κ1) is 14.3. The maximum Gasteiger partial charge on any atom is 0.358 e. The van der Waals surface area contributed by atoms with Crippen LogP contribution in [0.4, 0.5) is 0 Å². The molecule has 20 heavy (non-hydrogen) atoms. The number of aliphatic hydroxyl groups is 1. The number of hydrogen-bond donors (Lipinski definition) is 2. The van der Waals surface area contributed by atoms with E-state index in [1.165, 1.54) is 4.68 Å². The molecule has 0 fully saturated rings. The van der Waals surface area contributed by atoms with E-state index in [9.17, 15) is 4.79 Å². The molecule has 0 atom stereocenters. The number of carboxylic acids is 1. The van der Waals surface area contributed by atoms with Crippen LogP contribution in [0.3, 0.4) is 0 Å². The van der Waals surface area contributed by atoms with Gasteiger partial charge in [-0.3, -0.25) is 0 Å². The molecule has 2 aromatic rings. The predicted molar refractivity (Wildman–Crippen MR) is 69.9 cm³/mol. The van der Waals surface area contributed by atoms with Crippen LogP contribution in [0, 0.1) is 0 Å². The molecule has 0 bridgehead atoms. The number of aromatic carboxylic acids is 1. The summed E-state index contributed by atoms with van der Waals surface area (Å²) in [4.78, 5) is 11.1. The summed E-state index contributed by atoms with van der Waals surface area (Å²) in [6.07, 6.45) is 0. The smallest absolute Gasteiger partial charge is 0.358 e. The quantitative estimate of drug-likeness (QED) is 0.831. The summed E-state index contributed by atoms with van der Waals surface area (Å²) in [6, 6.07) is 6.85. The molecule has 0 aliphatic heterocycles. The van der Waals surface area contributed by atoms with Crippen molar-refractivity contribution in [1.29, 1.82) is 0 Å². The van der Waals surface area contributed by atoms with Crippen LogP contribution in [-0.4, -0.2) is 37.8 Å². The second-order valence-corrected chi connectivity index (χ2v) is 4.26. The van der Waals surface area contributed by atoms with Crippen LogP contribution in [0.25, 0.3) is 0 Å². The standard InChI is InChI=1S/C12H12ClN3O4/c13-8-3-1-2-4-10(8)20-7-9-11(12(18)19)14-15-16(9)5-6-17/h1-4,17H,5-7H2,(H,18,19). The minimum atomic E-state index is -1.20. The minimum absolute atomic E-state index is 0.0572. The SMILES string of the molecule is O=C(O)c1nnn(CCO)c1COc1ccccc1Cl. The fourth-order valence-corrected chi connectivity index (χ4v) is 1.81. The van der Waals surface area contributed by atoms with Crippen LogP contribution >= 0.6 is 11.6 Å². The summed E-state index contributed by atoms with van der Waals surface area (Å²) < 4.78 is 6.77. The van der Waals surface area contributed by atoms with Gasteiger partial charge in [0.15, 0.2) is 5.69 Å². The Kier molecular flexibility index (Phi) is 4.54. The lowest BCUT2D eigenvalue weighted by atomic mass is 10.3. The molecule has 1 heterocycles. The fraction of sp³-hybridized carbons (Fsp3) is 0.250. The highest BCUT2D eigenvalue weighted by Crippen LogP contribution is 2.24. The Labute approximate surface area is 119 Å². The van der Waals surface area contributed by atoms with Crippen LogP contribution in [0.15, 0.2) is 24.3 Å². The molecule has 0 saturated heterocycles. The molecule has 7 nitrogen and oxygen atoms in total. The minimum Gasteiger partial charge on any atom is -0.486 e. The summed E-state index contributed by atoms with van der Waals surface area (Å²) in [5, 5.41) is 25.6. The molecule has 1 aromatic heterocycles. The Bertz CT molecular complexity index is 614. The molecule has 2 N–H and O–H groups in total. The van der Waals surface area contributed by atoms with Crippen LogP contribution < -0.4 is 4.74 Å². The van der Waals surface area contributed by atoms with Crippen LogP contribution in [0.2, 0.25) is 5.02 Å². The highest BCUT2D eigenvalue weighted by Gasteiger charge is 2.19. The monoisotopic (exact) mass is 297 g/mol. The Morgan fingerprint density at radius 1 is 1.40 bits per heavy atom. The van der Waals surface area contributed by atoms with Crippen molar-refractivity contribution in [1.82, 2.24) is 15.0 Å². The van der Waals surface area contributed by atoms with Gasteiger partial charge in [0.05, 0.1) is 18.2 Å². The van der Waals surface area contributed by atoms with Crippen molar-refractivity contribution in [3.05, 3.63) is 40.7 Å². The highest BCUT2D eigenvalue weighted by atomic mass is 35.5. The topological polar surface area (TPSA) is 97.5 Å². The molecular weight excluding hydrogens is 286 g/mol. The van der Waals surface area contributed by atoms with Gasteiger partial charge >= 0.3 is 5.97 Å². The number of ether oxygens (including phenoxy) is 1. The van der Waals surface area contributed by atoms with E-state index >= 15 is 0 Å². The number of aromatic nitrogens is 3. The molecule has 106 valence electrons. The maximum absolute atomic E-state index is 11.1. The molecule has 2 rings (SSSR count). The van der Waals surface area contributed by atoms with Gasteiger partial charge in [-0.2, -0.15) is 0 Å². The average Bonchev–Trinajstić information content (AvgIpc) is 2.81. The average molecular weight is 298 g/mol. The van der Waals surface area contributed by atoms with Gasteiger partial charge in [-0.1, -0.05) is 28.9 Å². The molecule has 8 heteroatoms. The molecule has 0 unspecified atom stereocenters. The van der Waals surface area contributed by atoms with Crippen molar-refractivity contribution in [2.75, 3.05) is 6.61 Å². The molecule has 0 radical (unpaired) electrons. The summed E-state index contributed by atoms with van der Waals surface area (Å²) in [6.45, 7) is -0.0959. The zero-order chi connectivity index (χ0) is 14.5. The summed E-state index contributed by atoms with van der Waals surface area (Å²) in [5.41, 5.74) is 0.0666. The number of para-hydroxylation sites is 1. The van der Waals surface area contributed by atoms with Gasteiger partial charge in [-0.05, 0) is 12.1 Å². The van der Waals surface area contributed by atoms with Crippen molar-refractivity contribution >= 4 is 17.6 Å². The molecule has 0 spiro atoms. The predicted octanol–water partition coefficient (Wildman–Crippen LogP) is 1.20. The van der Waals surface area contributed by atoms with E-state index in [4.69, 9.17) is 26.6 Å². The molecule has 0 aliphatic carbocycles. The number of rotatable bonds is 6.